The van der Waals surface area contributed by atoms with Gasteiger partial charge in [-0.05, 0) is 36.2 Å². The molecule has 0 bridgehead atoms. The summed E-state index contributed by atoms with van der Waals surface area (Å²) < 4.78 is 21.0. The molecule has 2 atom stereocenters. The van der Waals surface area contributed by atoms with Crippen LogP contribution in [0.3, 0.4) is 0 Å². The van der Waals surface area contributed by atoms with E-state index < -0.39 is 17.8 Å². The van der Waals surface area contributed by atoms with Crippen molar-refractivity contribution in [3.63, 3.8) is 0 Å². The smallest absolute Gasteiger partial charge is 0.236 e. The van der Waals surface area contributed by atoms with Crippen LogP contribution in [0.25, 0.3) is 0 Å². The first kappa shape index (κ1) is 21.5. The molecule has 0 saturated carbocycles. The highest BCUT2D eigenvalue weighted by atomic mass is 19.1. The van der Waals surface area contributed by atoms with Gasteiger partial charge in [0.1, 0.15) is 17.5 Å². The van der Waals surface area contributed by atoms with Crippen molar-refractivity contribution in [3.8, 4) is 5.75 Å². The number of anilines is 2. The highest BCUT2D eigenvalue weighted by molar-refractivity contribution is 5.96. The van der Waals surface area contributed by atoms with E-state index in [0.717, 1.165) is 0 Å². The van der Waals surface area contributed by atoms with Crippen LogP contribution in [0.5, 0.6) is 5.75 Å². The molecule has 3 aromatic rings. The molecule has 1 amide bonds. The number of benzene rings is 2. The van der Waals surface area contributed by atoms with Crippen LogP contribution in [0.1, 0.15) is 23.9 Å². The zero-order chi connectivity index (χ0) is 22.7. The van der Waals surface area contributed by atoms with Gasteiger partial charge in [-0.1, -0.05) is 30.8 Å². The molecule has 1 aromatic heterocycles. The molecule has 0 aliphatic carbocycles. The fraction of sp³-hybridized carbons (Fsp3) is 0.261. The second-order valence-corrected chi connectivity index (χ2v) is 7.44. The summed E-state index contributed by atoms with van der Waals surface area (Å²) in [6, 6.07) is 12.5. The third-order valence-corrected chi connectivity index (χ3v) is 5.30. The number of ether oxygens (including phenoxy) is 1. The van der Waals surface area contributed by atoms with Crippen molar-refractivity contribution < 1.29 is 19.0 Å². The van der Waals surface area contributed by atoms with E-state index in [-0.39, 0.29) is 12.5 Å². The Kier molecular flexibility index (Phi) is 6.18. The first-order valence-corrected chi connectivity index (χ1v) is 10.2. The number of aliphatic hydroxyl groups is 1. The van der Waals surface area contributed by atoms with E-state index in [4.69, 9.17) is 9.84 Å². The van der Waals surface area contributed by atoms with Crippen LogP contribution in [0, 0.1) is 11.7 Å². The van der Waals surface area contributed by atoms with Gasteiger partial charge in [0, 0.05) is 18.7 Å². The number of methoxy groups -OCH3 is 1. The third kappa shape index (κ3) is 4.19. The van der Waals surface area contributed by atoms with Crippen molar-refractivity contribution in [2.24, 2.45) is 5.92 Å². The second-order valence-electron chi connectivity index (χ2n) is 7.44. The number of aryl methyl sites for hydroxylation is 1. The number of rotatable bonds is 7. The fourth-order valence-corrected chi connectivity index (χ4v) is 3.83. The number of carbonyl (C=O) groups excluding carboxylic acids is 1. The molecule has 1 aliphatic rings. The Morgan fingerprint density at radius 2 is 2.12 bits per heavy atom. The molecular formula is C23H24FN5O3. The van der Waals surface area contributed by atoms with E-state index >= 15 is 0 Å². The summed E-state index contributed by atoms with van der Waals surface area (Å²) in [5.74, 6) is -0.121. The lowest BCUT2D eigenvalue weighted by Crippen LogP contribution is -2.39. The predicted molar refractivity (Wildman–Crippen MR) is 118 cm³/mol. The molecule has 32 heavy (non-hydrogen) atoms. The lowest BCUT2D eigenvalue weighted by molar-refractivity contribution is -0.119. The Labute approximate surface area is 184 Å². The number of fused-ring (bicyclic) bond motifs is 1. The van der Waals surface area contributed by atoms with Gasteiger partial charge in [-0.3, -0.25) is 4.79 Å². The Bertz CT molecular complexity index is 1150. The molecule has 2 heterocycles. The SMILES string of the molecule is C=C1Nc2nc(CCCO)nn2[C@@H](c2cccc(F)c2)[C@H]1C(=O)Nc1ccccc1OC. The van der Waals surface area contributed by atoms with Crippen molar-refractivity contribution in [1.82, 2.24) is 14.8 Å². The van der Waals surface area contributed by atoms with Crippen molar-refractivity contribution in [3.05, 3.63) is 78.0 Å². The Morgan fingerprint density at radius 3 is 2.88 bits per heavy atom. The molecule has 0 spiro atoms. The van der Waals surface area contributed by atoms with Crippen LogP contribution in [-0.2, 0) is 11.2 Å². The summed E-state index contributed by atoms with van der Waals surface area (Å²) in [5.41, 5.74) is 1.49. The average molecular weight is 437 g/mol. The van der Waals surface area contributed by atoms with Crippen molar-refractivity contribution in [2.75, 3.05) is 24.4 Å². The summed E-state index contributed by atoms with van der Waals surface area (Å²) in [4.78, 5) is 17.9. The van der Waals surface area contributed by atoms with Crippen LogP contribution < -0.4 is 15.4 Å². The van der Waals surface area contributed by atoms with E-state index in [1.807, 2.05) is 0 Å². The van der Waals surface area contributed by atoms with Gasteiger partial charge in [-0.2, -0.15) is 10.1 Å². The maximum Gasteiger partial charge on any atom is 0.236 e. The van der Waals surface area contributed by atoms with Crippen LogP contribution in [-0.4, -0.2) is 39.5 Å². The molecule has 9 heteroatoms. The standard InChI is InChI=1S/C23H24FN5O3/c1-14-20(22(31)26-17-9-3-4-10-18(17)32-2)21(15-7-5-8-16(24)13-15)29-23(25-14)27-19(28-29)11-6-12-30/h3-5,7-10,13,20-21,30H,1,6,11-12H2,2H3,(H,26,31)(H,25,27,28)/t20-,21-/m0/s1. The second kappa shape index (κ2) is 9.19. The molecule has 0 radical (unpaired) electrons. The number of hydrogen-bond donors (Lipinski definition) is 3. The number of nitrogens with zero attached hydrogens (tertiary/aromatic N) is 3. The van der Waals surface area contributed by atoms with E-state index in [2.05, 4.69) is 27.3 Å². The highest BCUT2D eigenvalue weighted by Crippen LogP contribution is 2.39. The lowest BCUT2D eigenvalue weighted by Gasteiger charge is -2.33. The van der Waals surface area contributed by atoms with Gasteiger partial charge in [0.05, 0.1) is 18.8 Å². The Balaban J connectivity index is 1.75. The highest BCUT2D eigenvalue weighted by Gasteiger charge is 2.40. The number of nitrogens with one attached hydrogen (secondary N) is 2. The first-order valence-electron chi connectivity index (χ1n) is 10.2. The zero-order valence-corrected chi connectivity index (χ0v) is 17.6. The number of para-hydroxylation sites is 2. The summed E-state index contributed by atoms with van der Waals surface area (Å²) in [7, 11) is 1.53. The summed E-state index contributed by atoms with van der Waals surface area (Å²) >= 11 is 0. The number of aromatic nitrogens is 3. The van der Waals surface area contributed by atoms with Crippen LogP contribution in [0.4, 0.5) is 16.0 Å². The van der Waals surface area contributed by atoms with Gasteiger partial charge in [0.2, 0.25) is 11.9 Å². The molecule has 0 unspecified atom stereocenters. The van der Waals surface area contributed by atoms with Crippen molar-refractivity contribution in [1.29, 1.82) is 0 Å². The number of amides is 1. The van der Waals surface area contributed by atoms with Gasteiger partial charge in [0.25, 0.3) is 0 Å². The maximum absolute atomic E-state index is 14.1. The van der Waals surface area contributed by atoms with Crippen molar-refractivity contribution in [2.45, 2.75) is 18.9 Å². The van der Waals surface area contributed by atoms with E-state index in [0.29, 0.717) is 47.3 Å². The molecule has 4 rings (SSSR count). The number of halogens is 1. The third-order valence-electron chi connectivity index (χ3n) is 5.30. The largest absolute Gasteiger partial charge is 0.495 e. The first-order chi connectivity index (χ1) is 15.5. The minimum atomic E-state index is -0.804. The van der Waals surface area contributed by atoms with Gasteiger partial charge < -0.3 is 20.5 Å². The normalized spacial score (nSPS) is 17.4. The number of aliphatic hydroxyl groups excluding tert-OH is 1. The lowest BCUT2D eigenvalue weighted by atomic mass is 9.88. The molecular weight excluding hydrogens is 413 g/mol. The Hall–Kier alpha value is -3.72. The summed E-state index contributed by atoms with van der Waals surface area (Å²) in [6.45, 7) is 4.07. The number of carbonyl (C=O) groups is 1. The van der Waals surface area contributed by atoms with Gasteiger partial charge >= 0.3 is 0 Å². The van der Waals surface area contributed by atoms with Crippen LogP contribution in [0.2, 0.25) is 0 Å². The molecule has 8 nitrogen and oxygen atoms in total. The molecule has 1 aliphatic heterocycles. The van der Waals surface area contributed by atoms with E-state index in [1.165, 1.54) is 19.2 Å². The average Bonchev–Trinajstić information content (AvgIpc) is 3.19. The Morgan fingerprint density at radius 1 is 1.31 bits per heavy atom. The predicted octanol–water partition coefficient (Wildman–Crippen LogP) is 3.13. The van der Waals surface area contributed by atoms with Gasteiger partial charge in [-0.25, -0.2) is 9.07 Å². The number of hydrogen-bond acceptors (Lipinski definition) is 6. The zero-order valence-electron chi connectivity index (χ0n) is 17.6. The quantitative estimate of drug-likeness (QED) is 0.525. The van der Waals surface area contributed by atoms with Crippen LogP contribution in [0.15, 0.2) is 60.8 Å². The van der Waals surface area contributed by atoms with E-state index in [9.17, 15) is 9.18 Å². The topological polar surface area (TPSA) is 101 Å². The molecule has 3 N–H and O–H groups in total. The monoisotopic (exact) mass is 437 g/mol. The van der Waals surface area contributed by atoms with Crippen LogP contribution >= 0.6 is 0 Å². The minimum Gasteiger partial charge on any atom is -0.495 e. The molecule has 0 fully saturated rings. The van der Waals surface area contributed by atoms with Crippen molar-refractivity contribution >= 4 is 17.5 Å². The summed E-state index contributed by atoms with van der Waals surface area (Å²) in [5, 5.41) is 19.6. The molecule has 0 saturated heterocycles. The maximum atomic E-state index is 14.1. The van der Waals surface area contributed by atoms with Gasteiger partial charge in [-0.15, -0.1) is 0 Å². The molecule has 2 aromatic carbocycles. The summed E-state index contributed by atoms with van der Waals surface area (Å²) in [6.07, 6.45) is 0.978. The fourth-order valence-electron chi connectivity index (χ4n) is 3.83. The molecule has 166 valence electrons. The van der Waals surface area contributed by atoms with Gasteiger partial charge in [0.15, 0.2) is 5.82 Å². The minimum absolute atomic E-state index is 0.0152. The van der Waals surface area contributed by atoms with E-state index in [1.54, 1.807) is 41.1 Å².